The quantitative estimate of drug-likeness (QED) is 0.548. The summed E-state index contributed by atoms with van der Waals surface area (Å²) < 4.78 is 0. The van der Waals surface area contributed by atoms with E-state index >= 15 is 0 Å². The lowest BCUT2D eigenvalue weighted by Crippen LogP contribution is -1.84. The molecule has 0 saturated heterocycles. The molecule has 0 N–H and O–H groups in total. The summed E-state index contributed by atoms with van der Waals surface area (Å²) in [6.07, 6.45) is 4.59. The summed E-state index contributed by atoms with van der Waals surface area (Å²) >= 11 is 3.44. The topological polar surface area (TPSA) is 0 Å². The molecule has 0 aromatic heterocycles. The average Bonchev–Trinajstić information content (AvgIpc) is 2.18. The Kier molecular flexibility index (Phi) is 4.95. The van der Waals surface area contributed by atoms with E-state index in [0.717, 1.165) is 18.2 Å². The standard InChI is InChI=1S/C13H17Br/c1-11(2)4-3-5-12-6-8-13(10-14)9-7-12/h4,6-9H,3,5,10H2,1-2H3. The minimum Gasteiger partial charge on any atom is -0.0876 e. The number of halogens is 1. The Morgan fingerprint density at radius 3 is 2.21 bits per heavy atom. The third-order valence-electron chi connectivity index (χ3n) is 2.16. The molecule has 1 aromatic rings. The van der Waals surface area contributed by atoms with Gasteiger partial charge in [-0.05, 0) is 37.8 Å². The maximum absolute atomic E-state index is 3.44. The normalized spacial score (nSPS) is 9.93. The first-order chi connectivity index (χ1) is 6.72. The van der Waals surface area contributed by atoms with E-state index in [1.54, 1.807) is 0 Å². The van der Waals surface area contributed by atoms with Crippen LogP contribution in [0.3, 0.4) is 0 Å². The molecule has 1 rings (SSSR count). The fourth-order valence-electron chi connectivity index (χ4n) is 1.32. The molecular formula is C13H17Br. The van der Waals surface area contributed by atoms with Gasteiger partial charge in [0.2, 0.25) is 0 Å². The summed E-state index contributed by atoms with van der Waals surface area (Å²) in [5, 5.41) is 0.946. The van der Waals surface area contributed by atoms with Gasteiger partial charge >= 0.3 is 0 Å². The van der Waals surface area contributed by atoms with Crippen LogP contribution in [-0.4, -0.2) is 0 Å². The summed E-state index contributed by atoms with van der Waals surface area (Å²) in [5.41, 5.74) is 4.17. The van der Waals surface area contributed by atoms with Crippen molar-refractivity contribution in [1.29, 1.82) is 0 Å². The first-order valence-electron chi connectivity index (χ1n) is 4.99. The molecule has 0 radical (unpaired) electrons. The molecule has 76 valence electrons. The highest BCUT2D eigenvalue weighted by molar-refractivity contribution is 9.08. The van der Waals surface area contributed by atoms with Gasteiger partial charge in [-0.1, -0.05) is 51.8 Å². The Balaban J connectivity index is 2.48. The van der Waals surface area contributed by atoms with Crippen LogP contribution in [0.5, 0.6) is 0 Å². The Bertz CT molecular complexity index is 292. The molecule has 0 bridgehead atoms. The van der Waals surface area contributed by atoms with Crippen LogP contribution in [0.2, 0.25) is 0 Å². The van der Waals surface area contributed by atoms with Crippen molar-refractivity contribution in [2.24, 2.45) is 0 Å². The largest absolute Gasteiger partial charge is 0.0876 e. The van der Waals surface area contributed by atoms with Crippen molar-refractivity contribution in [1.82, 2.24) is 0 Å². The van der Waals surface area contributed by atoms with Crippen molar-refractivity contribution in [3.63, 3.8) is 0 Å². The van der Waals surface area contributed by atoms with Gasteiger partial charge in [-0.2, -0.15) is 0 Å². The SMILES string of the molecule is CC(C)=CCCc1ccc(CBr)cc1. The summed E-state index contributed by atoms with van der Waals surface area (Å²) in [4.78, 5) is 0. The van der Waals surface area contributed by atoms with Gasteiger partial charge in [0.1, 0.15) is 0 Å². The molecule has 0 aliphatic heterocycles. The zero-order chi connectivity index (χ0) is 10.4. The molecule has 1 heteroatoms. The second-order valence-corrected chi connectivity index (χ2v) is 4.33. The highest BCUT2D eigenvalue weighted by atomic mass is 79.9. The van der Waals surface area contributed by atoms with Gasteiger partial charge in [-0.3, -0.25) is 0 Å². The molecular weight excluding hydrogens is 236 g/mol. The fourth-order valence-corrected chi connectivity index (χ4v) is 1.70. The average molecular weight is 253 g/mol. The van der Waals surface area contributed by atoms with Crippen LogP contribution in [0.15, 0.2) is 35.9 Å². The molecule has 0 unspecified atom stereocenters. The Hall–Kier alpha value is -0.560. The van der Waals surface area contributed by atoms with E-state index in [0.29, 0.717) is 0 Å². The van der Waals surface area contributed by atoms with Crippen LogP contribution in [-0.2, 0) is 11.8 Å². The van der Waals surface area contributed by atoms with E-state index in [4.69, 9.17) is 0 Å². The smallest absolute Gasteiger partial charge is 0.0283 e. The first kappa shape index (κ1) is 11.5. The molecule has 1 aromatic carbocycles. The lowest BCUT2D eigenvalue weighted by Gasteiger charge is -2.00. The van der Waals surface area contributed by atoms with E-state index in [-0.39, 0.29) is 0 Å². The van der Waals surface area contributed by atoms with Gasteiger partial charge < -0.3 is 0 Å². The third-order valence-corrected chi connectivity index (χ3v) is 2.81. The second-order valence-electron chi connectivity index (χ2n) is 3.77. The molecule has 0 atom stereocenters. The minimum atomic E-state index is 0.946. The molecule has 0 fully saturated rings. The lowest BCUT2D eigenvalue weighted by molar-refractivity contribution is 0.987. The van der Waals surface area contributed by atoms with Crippen molar-refractivity contribution in [3.8, 4) is 0 Å². The summed E-state index contributed by atoms with van der Waals surface area (Å²) in [6, 6.07) is 8.81. The monoisotopic (exact) mass is 252 g/mol. The Morgan fingerprint density at radius 2 is 1.71 bits per heavy atom. The van der Waals surface area contributed by atoms with Gasteiger partial charge in [0.15, 0.2) is 0 Å². The molecule has 0 spiro atoms. The number of alkyl halides is 1. The van der Waals surface area contributed by atoms with Crippen LogP contribution in [0.25, 0.3) is 0 Å². The zero-order valence-electron chi connectivity index (χ0n) is 8.89. The molecule has 0 heterocycles. The maximum Gasteiger partial charge on any atom is 0.0283 e. The van der Waals surface area contributed by atoms with Gasteiger partial charge in [-0.25, -0.2) is 0 Å². The fraction of sp³-hybridized carbons (Fsp3) is 0.385. The minimum absolute atomic E-state index is 0.946. The van der Waals surface area contributed by atoms with Crippen molar-refractivity contribution >= 4 is 15.9 Å². The summed E-state index contributed by atoms with van der Waals surface area (Å²) in [7, 11) is 0. The van der Waals surface area contributed by atoms with Crippen molar-refractivity contribution in [2.75, 3.05) is 0 Å². The zero-order valence-corrected chi connectivity index (χ0v) is 10.5. The second kappa shape index (κ2) is 6.02. The van der Waals surface area contributed by atoms with Crippen LogP contribution in [0, 0.1) is 0 Å². The molecule has 0 aliphatic rings. The molecule has 0 amide bonds. The number of hydrogen-bond acceptors (Lipinski definition) is 0. The maximum atomic E-state index is 3.44. The van der Waals surface area contributed by atoms with Crippen LogP contribution in [0.4, 0.5) is 0 Å². The number of hydrogen-bond donors (Lipinski definition) is 0. The van der Waals surface area contributed by atoms with E-state index in [2.05, 4.69) is 60.1 Å². The van der Waals surface area contributed by atoms with Crippen molar-refractivity contribution in [3.05, 3.63) is 47.0 Å². The highest BCUT2D eigenvalue weighted by Crippen LogP contribution is 2.10. The predicted octanol–water partition coefficient (Wildman–Crippen LogP) is 4.48. The predicted molar refractivity (Wildman–Crippen MR) is 66.8 cm³/mol. The number of rotatable bonds is 4. The van der Waals surface area contributed by atoms with E-state index < -0.39 is 0 Å². The highest BCUT2D eigenvalue weighted by Gasteiger charge is 1.92. The number of allylic oxidation sites excluding steroid dienone is 2. The van der Waals surface area contributed by atoms with E-state index in [1.807, 2.05) is 0 Å². The van der Waals surface area contributed by atoms with Gasteiger partial charge in [0.05, 0.1) is 0 Å². The van der Waals surface area contributed by atoms with Gasteiger partial charge in [0, 0.05) is 5.33 Å². The first-order valence-corrected chi connectivity index (χ1v) is 6.11. The molecule has 0 nitrogen and oxygen atoms in total. The van der Waals surface area contributed by atoms with Gasteiger partial charge in [-0.15, -0.1) is 0 Å². The summed E-state index contributed by atoms with van der Waals surface area (Å²) in [6.45, 7) is 4.29. The number of benzene rings is 1. The molecule has 0 saturated carbocycles. The lowest BCUT2D eigenvalue weighted by atomic mass is 10.1. The van der Waals surface area contributed by atoms with Crippen LogP contribution < -0.4 is 0 Å². The van der Waals surface area contributed by atoms with E-state index in [9.17, 15) is 0 Å². The number of aryl methyl sites for hydroxylation is 1. The Labute approximate surface area is 95.2 Å². The summed E-state index contributed by atoms with van der Waals surface area (Å²) in [5.74, 6) is 0. The van der Waals surface area contributed by atoms with Crippen LogP contribution in [0.1, 0.15) is 31.4 Å². The van der Waals surface area contributed by atoms with Gasteiger partial charge in [0.25, 0.3) is 0 Å². The third kappa shape index (κ3) is 4.10. The molecule has 14 heavy (non-hydrogen) atoms. The van der Waals surface area contributed by atoms with Crippen LogP contribution >= 0.6 is 15.9 Å². The van der Waals surface area contributed by atoms with Crippen molar-refractivity contribution in [2.45, 2.75) is 32.0 Å². The van der Waals surface area contributed by atoms with Crippen molar-refractivity contribution < 1.29 is 0 Å². The van der Waals surface area contributed by atoms with E-state index in [1.165, 1.54) is 16.7 Å². The molecule has 0 aliphatic carbocycles. The Morgan fingerprint density at radius 1 is 1.14 bits per heavy atom.